The molecule has 3 aliphatic heterocycles. The van der Waals surface area contributed by atoms with Crippen LogP contribution in [-0.2, 0) is 16.1 Å². The van der Waals surface area contributed by atoms with Crippen LogP contribution in [-0.4, -0.2) is 80.4 Å². The highest BCUT2D eigenvalue weighted by atomic mass is 16.5. The van der Waals surface area contributed by atoms with Crippen LogP contribution >= 0.6 is 0 Å². The summed E-state index contributed by atoms with van der Waals surface area (Å²) in [5.74, 6) is 1.60. The van der Waals surface area contributed by atoms with E-state index in [1.165, 1.54) is 24.9 Å². The van der Waals surface area contributed by atoms with E-state index in [2.05, 4.69) is 46.3 Å². The molecule has 3 atom stereocenters. The molecule has 3 aliphatic rings. The molecule has 1 aromatic carbocycles. The number of hydrogen-bond donors (Lipinski definition) is 1. The van der Waals surface area contributed by atoms with Gasteiger partial charge in [0.05, 0.1) is 32.5 Å². The van der Waals surface area contributed by atoms with E-state index in [9.17, 15) is 0 Å². The van der Waals surface area contributed by atoms with Crippen molar-refractivity contribution in [3.05, 3.63) is 35.9 Å². The molecule has 1 aromatic rings. The first-order chi connectivity index (χ1) is 14.3. The third-order valence-corrected chi connectivity index (χ3v) is 6.29. The fourth-order valence-corrected chi connectivity index (χ4v) is 4.69. The monoisotopic (exact) mass is 400 g/mol. The van der Waals surface area contributed by atoms with Gasteiger partial charge in [-0.25, -0.2) is 0 Å². The van der Waals surface area contributed by atoms with Gasteiger partial charge in [0.25, 0.3) is 0 Å². The molecular formula is C23H36N4O2. The van der Waals surface area contributed by atoms with Crippen LogP contribution in [0.3, 0.4) is 0 Å². The minimum atomic E-state index is 0.227. The first kappa shape index (κ1) is 20.6. The van der Waals surface area contributed by atoms with Crippen LogP contribution in [0.5, 0.6) is 0 Å². The highest BCUT2D eigenvalue weighted by Crippen LogP contribution is 2.23. The molecule has 3 unspecified atom stereocenters. The maximum Gasteiger partial charge on any atom is 0.194 e. The van der Waals surface area contributed by atoms with E-state index >= 15 is 0 Å². The van der Waals surface area contributed by atoms with Gasteiger partial charge in [0, 0.05) is 38.1 Å². The molecule has 0 spiro atoms. The van der Waals surface area contributed by atoms with E-state index in [0.717, 1.165) is 58.3 Å². The zero-order chi connectivity index (χ0) is 19.9. The Hall–Kier alpha value is -1.63. The van der Waals surface area contributed by atoms with Crippen molar-refractivity contribution in [1.82, 2.24) is 15.1 Å². The van der Waals surface area contributed by atoms with Gasteiger partial charge in [-0.15, -0.1) is 0 Å². The molecule has 3 fully saturated rings. The standard InChI is InChI=1S/C23H36N4O2/c1-2-24-23(25-13-22-15-26-11-6-9-21(26)18-29-22)27-12-10-20(14-27)17-28-16-19-7-4-3-5-8-19/h3-5,7-8,20-22H,2,6,9-18H2,1H3,(H,24,25). The lowest BCUT2D eigenvalue weighted by molar-refractivity contribution is -0.0432. The molecule has 0 saturated carbocycles. The first-order valence-electron chi connectivity index (χ1n) is 11.3. The molecule has 0 amide bonds. The summed E-state index contributed by atoms with van der Waals surface area (Å²) in [5.41, 5.74) is 1.24. The smallest absolute Gasteiger partial charge is 0.194 e. The third-order valence-electron chi connectivity index (χ3n) is 6.29. The fourth-order valence-electron chi connectivity index (χ4n) is 4.69. The minimum absolute atomic E-state index is 0.227. The van der Waals surface area contributed by atoms with Crippen molar-refractivity contribution < 1.29 is 9.47 Å². The molecule has 3 saturated heterocycles. The summed E-state index contributed by atoms with van der Waals surface area (Å²) in [5, 5.41) is 3.48. The Morgan fingerprint density at radius 3 is 2.97 bits per heavy atom. The average Bonchev–Trinajstić information content (AvgIpc) is 3.41. The van der Waals surface area contributed by atoms with Crippen LogP contribution in [0.15, 0.2) is 35.3 Å². The molecule has 6 nitrogen and oxygen atoms in total. The second kappa shape index (κ2) is 10.4. The van der Waals surface area contributed by atoms with E-state index in [1.54, 1.807) is 0 Å². The Kier molecular flexibility index (Phi) is 7.41. The lowest BCUT2D eigenvalue weighted by atomic mass is 10.1. The molecule has 6 heteroatoms. The fraction of sp³-hybridized carbons (Fsp3) is 0.696. The number of hydrogen-bond acceptors (Lipinski definition) is 4. The third kappa shape index (κ3) is 5.71. The number of benzene rings is 1. The van der Waals surface area contributed by atoms with Gasteiger partial charge in [-0.2, -0.15) is 0 Å². The van der Waals surface area contributed by atoms with Crippen LogP contribution in [0.1, 0.15) is 31.7 Å². The molecule has 29 heavy (non-hydrogen) atoms. The highest BCUT2D eigenvalue weighted by Gasteiger charge is 2.32. The lowest BCUT2D eigenvalue weighted by Crippen LogP contribution is -2.48. The van der Waals surface area contributed by atoms with Gasteiger partial charge in [0.15, 0.2) is 5.96 Å². The van der Waals surface area contributed by atoms with Gasteiger partial charge in [-0.3, -0.25) is 9.89 Å². The number of nitrogens with zero attached hydrogens (tertiary/aromatic N) is 3. The second-order valence-electron chi connectivity index (χ2n) is 8.54. The number of likely N-dealkylation sites (tertiary alicyclic amines) is 1. The summed E-state index contributed by atoms with van der Waals surface area (Å²) in [6, 6.07) is 11.1. The Morgan fingerprint density at radius 1 is 1.21 bits per heavy atom. The summed E-state index contributed by atoms with van der Waals surface area (Å²) >= 11 is 0. The van der Waals surface area contributed by atoms with E-state index < -0.39 is 0 Å². The maximum absolute atomic E-state index is 6.08. The largest absolute Gasteiger partial charge is 0.376 e. The molecule has 3 heterocycles. The zero-order valence-electron chi connectivity index (χ0n) is 17.8. The number of rotatable bonds is 7. The number of aliphatic imine (C=N–C) groups is 1. The van der Waals surface area contributed by atoms with Gasteiger partial charge in [-0.05, 0) is 38.3 Å². The molecule has 0 aromatic heterocycles. The second-order valence-corrected chi connectivity index (χ2v) is 8.54. The van der Waals surface area contributed by atoms with Gasteiger partial charge in [0.2, 0.25) is 0 Å². The summed E-state index contributed by atoms with van der Waals surface area (Å²) in [7, 11) is 0. The van der Waals surface area contributed by atoms with Crippen molar-refractivity contribution in [3.8, 4) is 0 Å². The van der Waals surface area contributed by atoms with E-state index in [-0.39, 0.29) is 6.10 Å². The maximum atomic E-state index is 6.08. The molecule has 160 valence electrons. The Bertz CT molecular complexity index is 654. The van der Waals surface area contributed by atoms with Crippen molar-refractivity contribution in [3.63, 3.8) is 0 Å². The van der Waals surface area contributed by atoms with E-state index in [0.29, 0.717) is 18.6 Å². The van der Waals surface area contributed by atoms with E-state index in [1.807, 2.05) is 6.07 Å². The Balaban J connectivity index is 1.23. The van der Waals surface area contributed by atoms with Crippen LogP contribution in [0.4, 0.5) is 0 Å². The van der Waals surface area contributed by atoms with Crippen molar-refractivity contribution in [2.45, 2.75) is 44.9 Å². The van der Waals surface area contributed by atoms with Gasteiger partial charge in [-0.1, -0.05) is 30.3 Å². The van der Waals surface area contributed by atoms with Crippen molar-refractivity contribution in [2.75, 3.05) is 52.5 Å². The Labute approximate surface area is 175 Å². The number of guanidine groups is 1. The molecule has 0 bridgehead atoms. The van der Waals surface area contributed by atoms with Crippen molar-refractivity contribution >= 4 is 5.96 Å². The van der Waals surface area contributed by atoms with Gasteiger partial charge in [0.1, 0.15) is 0 Å². The predicted octanol–water partition coefficient (Wildman–Crippen LogP) is 2.35. The lowest BCUT2D eigenvalue weighted by Gasteiger charge is -2.34. The van der Waals surface area contributed by atoms with Gasteiger partial charge >= 0.3 is 0 Å². The topological polar surface area (TPSA) is 49.3 Å². The SMILES string of the molecule is CCNC(=NCC1CN2CCCC2CO1)N1CCC(COCc2ccccc2)C1. The van der Waals surface area contributed by atoms with Crippen molar-refractivity contribution in [2.24, 2.45) is 10.9 Å². The highest BCUT2D eigenvalue weighted by molar-refractivity contribution is 5.80. The molecular weight excluding hydrogens is 364 g/mol. The van der Waals surface area contributed by atoms with Crippen LogP contribution in [0, 0.1) is 5.92 Å². The number of ether oxygens (including phenoxy) is 2. The first-order valence-corrected chi connectivity index (χ1v) is 11.3. The average molecular weight is 401 g/mol. The number of nitrogens with one attached hydrogen (secondary N) is 1. The molecule has 0 radical (unpaired) electrons. The van der Waals surface area contributed by atoms with Crippen molar-refractivity contribution in [1.29, 1.82) is 0 Å². The number of fused-ring (bicyclic) bond motifs is 1. The predicted molar refractivity (Wildman–Crippen MR) is 116 cm³/mol. The number of morpholine rings is 1. The minimum Gasteiger partial charge on any atom is -0.376 e. The molecule has 0 aliphatic carbocycles. The zero-order valence-corrected chi connectivity index (χ0v) is 17.8. The normalized spacial score (nSPS) is 28.0. The van der Waals surface area contributed by atoms with Crippen LogP contribution in [0.2, 0.25) is 0 Å². The molecule has 1 N–H and O–H groups in total. The summed E-state index contributed by atoms with van der Waals surface area (Å²) in [4.78, 5) is 9.91. The summed E-state index contributed by atoms with van der Waals surface area (Å²) in [6.45, 7) is 10.5. The Morgan fingerprint density at radius 2 is 2.10 bits per heavy atom. The van der Waals surface area contributed by atoms with Crippen LogP contribution < -0.4 is 5.32 Å². The van der Waals surface area contributed by atoms with Crippen LogP contribution in [0.25, 0.3) is 0 Å². The van der Waals surface area contributed by atoms with Gasteiger partial charge < -0.3 is 19.7 Å². The quantitative estimate of drug-likeness (QED) is 0.562. The summed E-state index contributed by atoms with van der Waals surface area (Å²) in [6.07, 6.45) is 3.99. The summed E-state index contributed by atoms with van der Waals surface area (Å²) < 4.78 is 12.1. The molecule has 4 rings (SSSR count). The van der Waals surface area contributed by atoms with E-state index in [4.69, 9.17) is 14.5 Å².